The van der Waals surface area contributed by atoms with Crippen molar-refractivity contribution in [2.24, 2.45) is 11.8 Å². The van der Waals surface area contributed by atoms with Gasteiger partial charge < -0.3 is 4.74 Å². The van der Waals surface area contributed by atoms with E-state index in [4.69, 9.17) is 4.74 Å². The lowest BCUT2D eigenvalue weighted by Gasteiger charge is -2.20. The first-order chi connectivity index (χ1) is 5.65. The average molecular weight is 188 g/mol. The van der Waals surface area contributed by atoms with E-state index < -0.39 is 0 Å². The summed E-state index contributed by atoms with van der Waals surface area (Å²) in [5.74, 6) is 2.22. The molecule has 3 atom stereocenters. The molecule has 0 aliphatic carbocycles. The van der Waals surface area contributed by atoms with Gasteiger partial charge in [0.05, 0.1) is 12.2 Å². The molecule has 0 aromatic carbocycles. The van der Waals surface area contributed by atoms with E-state index in [1.54, 1.807) is 0 Å². The fourth-order valence-electron chi connectivity index (χ4n) is 1.72. The van der Waals surface area contributed by atoms with E-state index in [0.29, 0.717) is 24.0 Å². The van der Waals surface area contributed by atoms with Crippen LogP contribution in [0.2, 0.25) is 0 Å². The van der Waals surface area contributed by atoms with Gasteiger partial charge in [0, 0.05) is 0 Å². The summed E-state index contributed by atoms with van der Waals surface area (Å²) in [6, 6.07) is 0. The van der Waals surface area contributed by atoms with E-state index in [0.717, 1.165) is 5.75 Å². The standard InChI is InChI=1S/C10H20OS/c1-7(2)9-4-5-10(11-9)8(3)6-12/h7-10,12H,4-6H2,1-3H3. The minimum Gasteiger partial charge on any atom is -0.374 e. The lowest BCUT2D eigenvalue weighted by Crippen LogP contribution is -2.22. The molecule has 72 valence electrons. The van der Waals surface area contributed by atoms with Crippen LogP contribution in [-0.2, 0) is 4.74 Å². The van der Waals surface area contributed by atoms with Gasteiger partial charge >= 0.3 is 0 Å². The highest BCUT2D eigenvalue weighted by Gasteiger charge is 2.30. The van der Waals surface area contributed by atoms with Gasteiger partial charge in [-0.2, -0.15) is 12.6 Å². The summed E-state index contributed by atoms with van der Waals surface area (Å²) < 4.78 is 5.93. The molecule has 1 fully saturated rings. The lowest BCUT2D eigenvalue weighted by atomic mass is 10.0. The van der Waals surface area contributed by atoms with Crippen LogP contribution >= 0.6 is 12.6 Å². The monoisotopic (exact) mass is 188 g/mol. The van der Waals surface area contributed by atoms with Crippen LogP contribution in [-0.4, -0.2) is 18.0 Å². The zero-order chi connectivity index (χ0) is 9.14. The molecule has 3 unspecified atom stereocenters. The van der Waals surface area contributed by atoms with Crippen molar-refractivity contribution in [3.63, 3.8) is 0 Å². The third kappa shape index (κ3) is 2.40. The molecule has 1 saturated heterocycles. The molecule has 1 aliphatic heterocycles. The van der Waals surface area contributed by atoms with Gasteiger partial charge in [-0.3, -0.25) is 0 Å². The molecule has 1 nitrogen and oxygen atoms in total. The third-order valence-corrected chi connectivity index (χ3v) is 3.33. The summed E-state index contributed by atoms with van der Waals surface area (Å²) in [5, 5.41) is 0. The Labute approximate surface area is 81.3 Å². The zero-order valence-corrected chi connectivity index (χ0v) is 9.18. The molecule has 2 heteroatoms. The zero-order valence-electron chi connectivity index (χ0n) is 8.29. The fraction of sp³-hybridized carbons (Fsp3) is 1.00. The predicted octanol–water partition coefficient (Wildman–Crippen LogP) is 2.76. The summed E-state index contributed by atoms with van der Waals surface area (Å²) in [6.07, 6.45) is 3.43. The average Bonchev–Trinajstić information content (AvgIpc) is 2.51. The summed E-state index contributed by atoms with van der Waals surface area (Å²) in [5.41, 5.74) is 0. The quantitative estimate of drug-likeness (QED) is 0.670. The lowest BCUT2D eigenvalue weighted by molar-refractivity contribution is -0.00107. The van der Waals surface area contributed by atoms with Crippen LogP contribution in [0.4, 0.5) is 0 Å². The van der Waals surface area contributed by atoms with Crippen molar-refractivity contribution in [3.05, 3.63) is 0 Å². The number of ether oxygens (including phenoxy) is 1. The van der Waals surface area contributed by atoms with Gasteiger partial charge in [-0.15, -0.1) is 0 Å². The molecule has 1 aliphatic rings. The van der Waals surface area contributed by atoms with Crippen LogP contribution in [0.1, 0.15) is 33.6 Å². The Morgan fingerprint density at radius 2 is 1.83 bits per heavy atom. The second-order valence-electron chi connectivity index (χ2n) is 4.19. The van der Waals surface area contributed by atoms with Crippen molar-refractivity contribution in [3.8, 4) is 0 Å². The van der Waals surface area contributed by atoms with Crippen molar-refractivity contribution < 1.29 is 4.74 Å². The Bertz CT molecular complexity index is 136. The second-order valence-corrected chi connectivity index (χ2v) is 4.56. The molecular formula is C10H20OS. The second kappa shape index (κ2) is 4.52. The van der Waals surface area contributed by atoms with E-state index in [-0.39, 0.29) is 0 Å². The van der Waals surface area contributed by atoms with Crippen LogP contribution < -0.4 is 0 Å². The van der Waals surface area contributed by atoms with Crippen LogP contribution in [0, 0.1) is 11.8 Å². The van der Waals surface area contributed by atoms with Gasteiger partial charge in [-0.25, -0.2) is 0 Å². The molecule has 1 heterocycles. The van der Waals surface area contributed by atoms with E-state index >= 15 is 0 Å². The summed E-state index contributed by atoms with van der Waals surface area (Å²) in [4.78, 5) is 0. The predicted molar refractivity (Wildman–Crippen MR) is 55.8 cm³/mol. The Morgan fingerprint density at radius 3 is 2.25 bits per heavy atom. The van der Waals surface area contributed by atoms with Crippen molar-refractivity contribution in [1.82, 2.24) is 0 Å². The summed E-state index contributed by atoms with van der Waals surface area (Å²) in [7, 11) is 0. The van der Waals surface area contributed by atoms with E-state index in [9.17, 15) is 0 Å². The highest BCUT2D eigenvalue weighted by molar-refractivity contribution is 7.80. The Kier molecular flexibility index (Phi) is 3.91. The molecule has 0 saturated carbocycles. The number of thiol groups is 1. The van der Waals surface area contributed by atoms with Crippen LogP contribution in [0.15, 0.2) is 0 Å². The molecule has 0 radical (unpaired) electrons. The molecule has 0 aromatic heterocycles. The maximum absolute atomic E-state index is 5.93. The largest absolute Gasteiger partial charge is 0.374 e. The first-order valence-electron chi connectivity index (χ1n) is 4.91. The van der Waals surface area contributed by atoms with Gasteiger partial charge in [0.15, 0.2) is 0 Å². The van der Waals surface area contributed by atoms with Gasteiger partial charge in [0.1, 0.15) is 0 Å². The first kappa shape index (κ1) is 10.4. The molecular weight excluding hydrogens is 168 g/mol. The van der Waals surface area contributed by atoms with Crippen LogP contribution in [0.25, 0.3) is 0 Å². The third-order valence-electron chi connectivity index (χ3n) is 2.75. The minimum absolute atomic E-state index is 0.467. The normalized spacial score (nSPS) is 32.8. The van der Waals surface area contributed by atoms with Gasteiger partial charge in [-0.1, -0.05) is 20.8 Å². The van der Waals surface area contributed by atoms with Gasteiger partial charge in [0.2, 0.25) is 0 Å². The van der Waals surface area contributed by atoms with E-state index in [2.05, 4.69) is 33.4 Å². The van der Waals surface area contributed by atoms with Crippen molar-refractivity contribution >= 4 is 12.6 Å². The Balaban J connectivity index is 2.35. The maximum atomic E-state index is 5.93. The topological polar surface area (TPSA) is 9.23 Å². The maximum Gasteiger partial charge on any atom is 0.0613 e. The van der Waals surface area contributed by atoms with Gasteiger partial charge in [0.25, 0.3) is 0 Å². The number of rotatable bonds is 3. The molecule has 0 spiro atoms. The van der Waals surface area contributed by atoms with Gasteiger partial charge in [-0.05, 0) is 30.4 Å². The molecule has 12 heavy (non-hydrogen) atoms. The smallest absolute Gasteiger partial charge is 0.0613 e. The fourth-order valence-corrected chi connectivity index (χ4v) is 1.95. The van der Waals surface area contributed by atoms with Crippen LogP contribution in [0.3, 0.4) is 0 Å². The van der Waals surface area contributed by atoms with Crippen LogP contribution in [0.5, 0.6) is 0 Å². The molecule has 1 rings (SSSR count). The van der Waals surface area contributed by atoms with Crippen molar-refractivity contribution in [2.75, 3.05) is 5.75 Å². The molecule has 0 bridgehead atoms. The Hall–Kier alpha value is 0.310. The number of hydrogen-bond acceptors (Lipinski definition) is 2. The highest BCUT2D eigenvalue weighted by Crippen LogP contribution is 2.29. The summed E-state index contributed by atoms with van der Waals surface area (Å²) in [6.45, 7) is 6.69. The van der Waals surface area contributed by atoms with E-state index in [1.165, 1.54) is 12.8 Å². The highest BCUT2D eigenvalue weighted by atomic mass is 32.1. The van der Waals surface area contributed by atoms with E-state index in [1.807, 2.05) is 0 Å². The Morgan fingerprint density at radius 1 is 1.25 bits per heavy atom. The summed E-state index contributed by atoms with van der Waals surface area (Å²) >= 11 is 4.29. The number of hydrogen-bond donors (Lipinski definition) is 1. The SMILES string of the molecule is CC(C)C1CCC(C(C)CS)O1. The first-order valence-corrected chi connectivity index (χ1v) is 5.54. The molecule has 0 N–H and O–H groups in total. The molecule has 0 amide bonds. The molecule has 0 aromatic rings. The van der Waals surface area contributed by atoms with Crippen molar-refractivity contribution in [1.29, 1.82) is 0 Å². The van der Waals surface area contributed by atoms with Crippen molar-refractivity contribution in [2.45, 2.75) is 45.8 Å². The minimum atomic E-state index is 0.467.